The molecule has 176 valence electrons. The Kier molecular flexibility index (Phi) is 5.91. The van der Waals surface area contributed by atoms with Gasteiger partial charge in [0.25, 0.3) is 0 Å². The van der Waals surface area contributed by atoms with Gasteiger partial charge in [0.05, 0.1) is 7.11 Å². The highest BCUT2D eigenvalue weighted by molar-refractivity contribution is 7.21. The lowest BCUT2D eigenvalue weighted by atomic mass is 9.83. The molecule has 0 bridgehead atoms. The van der Waals surface area contributed by atoms with E-state index >= 15 is 0 Å². The van der Waals surface area contributed by atoms with Gasteiger partial charge in [0.1, 0.15) is 10.7 Å². The standard InChI is InChI=1S/C27H30N4O2S/c1-16-18-9-8-17(25(28)29)14-22(18)31-21(16)10-12-27(11-5-13-30-27)15-20-19-6-3-4-7-23(19)34-24(20)26(32)33-2/h3-4,6-9,14,30-31H,5,10-13,15H2,1-2H3,(H3,28,29)/t27-/m0/s1. The molecule has 7 heteroatoms. The molecule has 0 aliphatic carbocycles. The van der Waals surface area contributed by atoms with Crippen molar-refractivity contribution in [3.8, 4) is 0 Å². The van der Waals surface area contributed by atoms with Crippen molar-refractivity contribution in [2.75, 3.05) is 13.7 Å². The van der Waals surface area contributed by atoms with E-state index in [1.54, 1.807) is 0 Å². The fraction of sp³-hybridized carbons (Fsp3) is 0.333. The summed E-state index contributed by atoms with van der Waals surface area (Å²) >= 11 is 1.53. The number of carbonyl (C=O) groups excluding carboxylic acids is 1. The molecule has 1 saturated heterocycles. The number of thiophene rings is 1. The van der Waals surface area contributed by atoms with Crippen molar-refractivity contribution in [3.05, 3.63) is 69.7 Å². The number of rotatable bonds is 7. The minimum atomic E-state index is -0.253. The van der Waals surface area contributed by atoms with Crippen molar-refractivity contribution >= 4 is 44.1 Å². The Morgan fingerprint density at radius 2 is 2.06 bits per heavy atom. The van der Waals surface area contributed by atoms with Gasteiger partial charge in [0.15, 0.2) is 0 Å². The second-order valence-corrected chi connectivity index (χ2v) is 10.3. The third-order valence-electron chi connectivity index (χ3n) is 7.24. The number of hydrogen-bond donors (Lipinski definition) is 4. The fourth-order valence-electron chi connectivity index (χ4n) is 5.37. The zero-order chi connectivity index (χ0) is 23.9. The van der Waals surface area contributed by atoms with Gasteiger partial charge in [0, 0.05) is 32.4 Å². The van der Waals surface area contributed by atoms with Crippen molar-refractivity contribution in [1.82, 2.24) is 10.3 Å². The summed E-state index contributed by atoms with van der Waals surface area (Å²) < 4.78 is 6.25. The average molecular weight is 475 g/mol. The summed E-state index contributed by atoms with van der Waals surface area (Å²) in [5.41, 5.74) is 10.9. The number of esters is 1. The van der Waals surface area contributed by atoms with E-state index in [9.17, 15) is 4.79 Å². The van der Waals surface area contributed by atoms with E-state index in [1.165, 1.54) is 35.1 Å². The molecule has 0 saturated carbocycles. The van der Waals surface area contributed by atoms with Crippen molar-refractivity contribution in [1.29, 1.82) is 5.41 Å². The highest BCUT2D eigenvalue weighted by Gasteiger charge is 2.36. The summed E-state index contributed by atoms with van der Waals surface area (Å²) in [5.74, 6) is -0.175. The van der Waals surface area contributed by atoms with E-state index in [0.717, 1.165) is 70.3 Å². The molecule has 2 aromatic carbocycles. The smallest absolute Gasteiger partial charge is 0.348 e. The molecule has 5 N–H and O–H groups in total. The van der Waals surface area contributed by atoms with Crippen LogP contribution in [-0.4, -0.2) is 36.0 Å². The number of aryl methyl sites for hydroxylation is 2. The van der Waals surface area contributed by atoms with Gasteiger partial charge in [-0.05, 0) is 74.2 Å². The average Bonchev–Trinajstić information content (AvgIpc) is 3.54. The van der Waals surface area contributed by atoms with Gasteiger partial charge in [-0.15, -0.1) is 11.3 Å². The third-order valence-corrected chi connectivity index (χ3v) is 8.44. The molecular formula is C27H30N4O2S. The largest absolute Gasteiger partial charge is 0.465 e. The summed E-state index contributed by atoms with van der Waals surface area (Å²) in [4.78, 5) is 16.9. The number of amidine groups is 1. The number of H-pyrrole nitrogens is 1. The number of aromatic amines is 1. The van der Waals surface area contributed by atoms with Crippen LogP contribution in [0.25, 0.3) is 21.0 Å². The Balaban J connectivity index is 1.46. The van der Waals surface area contributed by atoms with Crippen LogP contribution < -0.4 is 11.1 Å². The molecule has 3 heterocycles. The maximum absolute atomic E-state index is 12.6. The van der Waals surface area contributed by atoms with Crippen LogP contribution >= 0.6 is 11.3 Å². The lowest BCUT2D eigenvalue weighted by molar-refractivity contribution is 0.0605. The van der Waals surface area contributed by atoms with Gasteiger partial charge in [-0.1, -0.05) is 30.3 Å². The van der Waals surface area contributed by atoms with Gasteiger partial charge in [-0.25, -0.2) is 4.79 Å². The quantitative estimate of drug-likeness (QED) is 0.171. The number of carbonyl (C=O) groups is 1. The number of fused-ring (bicyclic) bond motifs is 2. The van der Waals surface area contributed by atoms with Crippen LogP contribution in [0.4, 0.5) is 0 Å². The van der Waals surface area contributed by atoms with Crippen LogP contribution in [0.5, 0.6) is 0 Å². The summed E-state index contributed by atoms with van der Waals surface area (Å²) in [6, 6.07) is 14.2. The lowest BCUT2D eigenvalue weighted by Crippen LogP contribution is -2.42. The van der Waals surface area contributed by atoms with Crippen molar-refractivity contribution in [3.63, 3.8) is 0 Å². The van der Waals surface area contributed by atoms with Gasteiger partial charge < -0.3 is 20.8 Å². The Bertz CT molecular complexity index is 1390. The van der Waals surface area contributed by atoms with E-state index in [4.69, 9.17) is 15.9 Å². The van der Waals surface area contributed by atoms with Crippen LogP contribution in [-0.2, 0) is 17.6 Å². The number of ether oxygens (including phenoxy) is 1. The molecule has 0 radical (unpaired) electrons. The van der Waals surface area contributed by atoms with Crippen LogP contribution in [0.1, 0.15) is 51.3 Å². The van der Waals surface area contributed by atoms with Crippen LogP contribution in [0, 0.1) is 12.3 Å². The van der Waals surface area contributed by atoms with E-state index in [0.29, 0.717) is 0 Å². The Morgan fingerprint density at radius 3 is 2.79 bits per heavy atom. The molecule has 4 aromatic rings. The first-order chi connectivity index (χ1) is 16.4. The number of nitrogens with one attached hydrogen (secondary N) is 3. The first kappa shape index (κ1) is 22.6. The maximum atomic E-state index is 12.6. The van der Waals surface area contributed by atoms with Crippen molar-refractivity contribution < 1.29 is 9.53 Å². The second-order valence-electron chi connectivity index (χ2n) is 9.29. The number of benzene rings is 2. The molecule has 0 spiro atoms. The zero-order valence-corrected chi connectivity index (χ0v) is 20.4. The van der Waals surface area contributed by atoms with E-state index in [1.807, 2.05) is 30.3 Å². The summed E-state index contributed by atoms with van der Waals surface area (Å²) in [6.07, 6.45) is 4.87. The zero-order valence-electron chi connectivity index (χ0n) is 19.6. The number of hydrogen-bond acceptors (Lipinski definition) is 5. The second kappa shape index (κ2) is 8.89. The molecule has 1 aliphatic heterocycles. The third kappa shape index (κ3) is 3.99. The molecule has 1 aliphatic rings. The summed E-state index contributed by atoms with van der Waals surface area (Å²) in [5, 5.41) is 13.8. The van der Waals surface area contributed by atoms with Crippen molar-refractivity contribution in [2.24, 2.45) is 5.73 Å². The summed E-state index contributed by atoms with van der Waals surface area (Å²) in [6.45, 7) is 3.14. The molecule has 0 unspecified atom stereocenters. The van der Waals surface area contributed by atoms with Crippen LogP contribution in [0.3, 0.4) is 0 Å². The van der Waals surface area contributed by atoms with Gasteiger partial charge in [0.2, 0.25) is 0 Å². The predicted molar refractivity (Wildman–Crippen MR) is 139 cm³/mol. The van der Waals surface area contributed by atoms with Crippen LogP contribution in [0.2, 0.25) is 0 Å². The molecule has 34 heavy (non-hydrogen) atoms. The lowest BCUT2D eigenvalue weighted by Gasteiger charge is -2.30. The molecule has 2 aromatic heterocycles. The molecule has 1 fully saturated rings. The van der Waals surface area contributed by atoms with E-state index < -0.39 is 0 Å². The highest BCUT2D eigenvalue weighted by atomic mass is 32.1. The first-order valence-electron chi connectivity index (χ1n) is 11.7. The van der Waals surface area contributed by atoms with Gasteiger partial charge in [-0.3, -0.25) is 5.41 Å². The maximum Gasteiger partial charge on any atom is 0.348 e. The molecule has 1 atom stereocenters. The SMILES string of the molecule is COC(=O)c1sc2ccccc2c1C[C@@]1(CCc2[nH]c3cc(C(=N)N)ccc3c2C)CCCN1. The molecule has 5 rings (SSSR count). The van der Waals surface area contributed by atoms with E-state index in [2.05, 4.69) is 29.4 Å². The molecular weight excluding hydrogens is 444 g/mol. The Labute approximate surface area is 203 Å². The van der Waals surface area contributed by atoms with E-state index in [-0.39, 0.29) is 17.3 Å². The fourth-order valence-corrected chi connectivity index (χ4v) is 6.51. The topological polar surface area (TPSA) is 104 Å². The Hall–Kier alpha value is -3.16. The molecule has 6 nitrogen and oxygen atoms in total. The number of nitrogens with two attached hydrogens (primary N) is 1. The van der Waals surface area contributed by atoms with Crippen molar-refractivity contribution in [2.45, 2.75) is 44.6 Å². The number of aromatic nitrogens is 1. The van der Waals surface area contributed by atoms with Crippen LogP contribution in [0.15, 0.2) is 42.5 Å². The predicted octanol–water partition coefficient (Wildman–Crippen LogP) is 5.06. The first-order valence-corrected chi connectivity index (χ1v) is 12.5. The van der Waals surface area contributed by atoms with Gasteiger partial charge >= 0.3 is 5.97 Å². The minimum absolute atomic E-state index is 0.0686. The number of nitrogen functional groups attached to an aromatic ring is 1. The Morgan fingerprint density at radius 1 is 1.24 bits per heavy atom. The normalized spacial score (nSPS) is 18.1. The minimum Gasteiger partial charge on any atom is -0.465 e. The monoisotopic (exact) mass is 474 g/mol. The number of methoxy groups -OCH3 is 1. The van der Waals surface area contributed by atoms with Gasteiger partial charge in [-0.2, -0.15) is 0 Å². The highest BCUT2D eigenvalue weighted by Crippen LogP contribution is 2.38. The summed E-state index contributed by atoms with van der Waals surface area (Å²) in [7, 11) is 1.45. The molecule has 0 amide bonds.